The lowest BCUT2D eigenvalue weighted by Gasteiger charge is -2.41. The first kappa shape index (κ1) is 26.0. The van der Waals surface area contributed by atoms with Crippen LogP contribution >= 0.6 is 0 Å². The molecule has 0 unspecified atom stereocenters. The first-order chi connectivity index (χ1) is 17.5. The molecule has 7 nitrogen and oxygen atoms in total. The molecule has 1 heterocycles. The van der Waals surface area contributed by atoms with Crippen molar-refractivity contribution in [3.8, 4) is 5.75 Å². The highest BCUT2D eigenvalue weighted by Crippen LogP contribution is 2.31. The second-order valence-corrected chi connectivity index (χ2v) is 10.1. The largest absolute Gasteiger partial charge is 0.497 e. The van der Waals surface area contributed by atoms with Gasteiger partial charge in [-0.1, -0.05) is 43.2 Å². The predicted octanol–water partition coefficient (Wildman–Crippen LogP) is 4.54. The SMILES string of the molecule is COc1ccc(NC(=O)N2CCN([C@@H](C(=O)N[C@H](C)CCc3ccccc3)C3CCCC3)CC2)cc1. The number of methoxy groups -OCH3 is 1. The summed E-state index contributed by atoms with van der Waals surface area (Å²) in [6.45, 7) is 4.75. The van der Waals surface area contributed by atoms with E-state index in [1.165, 1.54) is 18.4 Å². The number of hydrogen-bond acceptors (Lipinski definition) is 4. The molecule has 0 radical (unpaired) electrons. The van der Waals surface area contributed by atoms with Crippen molar-refractivity contribution in [1.29, 1.82) is 0 Å². The van der Waals surface area contributed by atoms with E-state index in [9.17, 15) is 9.59 Å². The van der Waals surface area contributed by atoms with Crippen LogP contribution in [0.3, 0.4) is 0 Å². The summed E-state index contributed by atoms with van der Waals surface area (Å²) in [5, 5.41) is 6.29. The summed E-state index contributed by atoms with van der Waals surface area (Å²) in [5.74, 6) is 1.30. The summed E-state index contributed by atoms with van der Waals surface area (Å²) in [6, 6.07) is 17.7. The predicted molar refractivity (Wildman–Crippen MR) is 143 cm³/mol. The Bertz CT molecular complexity index is 968. The minimum absolute atomic E-state index is 0.101. The highest BCUT2D eigenvalue weighted by molar-refractivity contribution is 5.89. The van der Waals surface area contributed by atoms with E-state index in [2.05, 4.69) is 46.7 Å². The average Bonchev–Trinajstić information content (AvgIpc) is 3.43. The van der Waals surface area contributed by atoms with E-state index < -0.39 is 0 Å². The third-order valence-corrected chi connectivity index (χ3v) is 7.55. The lowest BCUT2D eigenvalue weighted by atomic mass is 9.94. The van der Waals surface area contributed by atoms with Gasteiger partial charge in [-0.2, -0.15) is 0 Å². The van der Waals surface area contributed by atoms with E-state index in [4.69, 9.17) is 4.74 Å². The van der Waals surface area contributed by atoms with Gasteiger partial charge < -0.3 is 20.3 Å². The van der Waals surface area contributed by atoms with Gasteiger partial charge in [0.2, 0.25) is 5.91 Å². The molecule has 0 spiro atoms. The number of carbonyl (C=O) groups is 2. The van der Waals surface area contributed by atoms with Crippen LogP contribution in [0.2, 0.25) is 0 Å². The van der Waals surface area contributed by atoms with Gasteiger partial charge >= 0.3 is 6.03 Å². The molecular weight excluding hydrogens is 452 g/mol. The molecule has 2 aliphatic rings. The first-order valence-corrected chi connectivity index (χ1v) is 13.3. The standard InChI is InChI=1S/C29H40N4O3/c1-22(12-13-23-8-4-3-5-9-23)30-28(34)27(24-10-6-7-11-24)32-18-20-33(21-19-32)29(35)31-25-14-16-26(36-2)17-15-25/h3-5,8-9,14-17,22,24,27H,6-7,10-13,18-21H2,1-2H3,(H,30,34)(H,31,35)/t22-,27-/m1/s1. The summed E-state index contributed by atoms with van der Waals surface area (Å²) in [6.07, 6.45) is 6.48. The van der Waals surface area contributed by atoms with Gasteiger partial charge in [-0.25, -0.2) is 4.79 Å². The second-order valence-electron chi connectivity index (χ2n) is 10.1. The Morgan fingerprint density at radius 3 is 2.28 bits per heavy atom. The van der Waals surface area contributed by atoms with Crippen LogP contribution in [0.1, 0.15) is 44.6 Å². The van der Waals surface area contributed by atoms with Crippen LogP contribution < -0.4 is 15.4 Å². The zero-order valence-corrected chi connectivity index (χ0v) is 21.6. The normalized spacial score (nSPS) is 18.4. The Labute approximate surface area is 215 Å². The van der Waals surface area contributed by atoms with Gasteiger partial charge in [-0.3, -0.25) is 9.69 Å². The Kier molecular flexibility index (Phi) is 9.23. The molecule has 4 rings (SSSR count). The summed E-state index contributed by atoms with van der Waals surface area (Å²) in [7, 11) is 1.62. The number of anilines is 1. The molecule has 2 atom stereocenters. The van der Waals surface area contributed by atoms with Gasteiger partial charge in [-0.15, -0.1) is 0 Å². The fourth-order valence-corrected chi connectivity index (χ4v) is 5.46. The molecular formula is C29H40N4O3. The maximum Gasteiger partial charge on any atom is 0.321 e. The molecule has 0 aromatic heterocycles. The van der Waals surface area contributed by atoms with E-state index in [-0.39, 0.29) is 24.0 Å². The summed E-state index contributed by atoms with van der Waals surface area (Å²) >= 11 is 0. The van der Waals surface area contributed by atoms with Gasteiger partial charge in [0.05, 0.1) is 13.2 Å². The number of nitrogens with zero attached hydrogens (tertiary/aromatic N) is 2. The lowest BCUT2D eigenvalue weighted by Crippen LogP contribution is -2.59. The third-order valence-electron chi connectivity index (χ3n) is 7.55. The number of aryl methyl sites for hydroxylation is 1. The van der Waals surface area contributed by atoms with E-state index in [0.29, 0.717) is 32.1 Å². The van der Waals surface area contributed by atoms with Crippen LogP contribution in [0.15, 0.2) is 54.6 Å². The number of carbonyl (C=O) groups excluding carboxylic acids is 2. The molecule has 0 bridgehead atoms. The Morgan fingerprint density at radius 2 is 1.64 bits per heavy atom. The Hall–Kier alpha value is -3.06. The van der Waals surface area contributed by atoms with Crippen molar-refractivity contribution in [2.75, 3.05) is 38.6 Å². The highest BCUT2D eigenvalue weighted by Gasteiger charge is 2.37. The van der Waals surface area contributed by atoms with E-state index in [0.717, 1.165) is 37.1 Å². The average molecular weight is 493 g/mol. The maximum atomic E-state index is 13.5. The Morgan fingerprint density at radius 1 is 0.972 bits per heavy atom. The number of nitrogens with one attached hydrogen (secondary N) is 2. The summed E-state index contributed by atoms with van der Waals surface area (Å²) < 4.78 is 5.18. The molecule has 1 aliphatic carbocycles. The topological polar surface area (TPSA) is 73.9 Å². The van der Waals surface area contributed by atoms with Crippen molar-refractivity contribution < 1.29 is 14.3 Å². The number of benzene rings is 2. The summed E-state index contributed by atoms with van der Waals surface area (Å²) in [4.78, 5) is 30.5. The zero-order valence-electron chi connectivity index (χ0n) is 21.6. The quantitative estimate of drug-likeness (QED) is 0.539. The zero-order chi connectivity index (χ0) is 25.3. The van der Waals surface area contributed by atoms with E-state index in [1.807, 2.05) is 35.2 Å². The van der Waals surface area contributed by atoms with Gasteiger partial charge in [0.25, 0.3) is 0 Å². The van der Waals surface area contributed by atoms with Crippen LogP contribution in [0.4, 0.5) is 10.5 Å². The monoisotopic (exact) mass is 492 g/mol. The highest BCUT2D eigenvalue weighted by atomic mass is 16.5. The molecule has 3 amide bonds. The fraction of sp³-hybridized carbons (Fsp3) is 0.517. The smallest absolute Gasteiger partial charge is 0.321 e. The van der Waals surface area contributed by atoms with Gasteiger partial charge in [0, 0.05) is 37.9 Å². The minimum Gasteiger partial charge on any atom is -0.497 e. The molecule has 36 heavy (non-hydrogen) atoms. The summed E-state index contributed by atoms with van der Waals surface area (Å²) in [5.41, 5.74) is 2.05. The van der Waals surface area contributed by atoms with Crippen molar-refractivity contribution in [1.82, 2.24) is 15.1 Å². The maximum absolute atomic E-state index is 13.5. The van der Waals surface area contributed by atoms with Crippen LogP contribution in [-0.4, -0.2) is 67.1 Å². The van der Waals surface area contributed by atoms with Crippen molar-refractivity contribution in [2.24, 2.45) is 5.92 Å². The Balaban J connectivity index is 1.30. The molecule has 2 fully saturated rings. The van der Waals surface area contributed by atoms with Gasteiger partial charge in [0.15, 0.2) is 0 Å². The molecule has 2 aromatic rings. The lowest BCUT2D eigenvalue weighted by molar-refractivity contribution is -0.129. The minimum atomic E-state index is -0.113. The van der Waals surface area contributed by atoms with Crippen molar-refractivity contribution in [3.63, 3.8) is 0 Å². The number of ether oxygens (including phenoxy) is 1. The van der Waals surface area contributed by atoms with E-state index in [1.54, 1.807) is 7.11 Å². The van der Waals surface area contributed by atoms with Crippen LogP contribution in [0.25, 0.3) is 0 Å². The molecule has 2 N–H and O–H groups in total. The van der Waals surface area contributed by atoms with Gasteiger partial charge in [0.1, 0.15) is 5.75 Å². The van der Waals surface area contributed by atoms with Crippen LogP contribution in [0, 0.1) is 5.92 Å². The van der Waals surface area contributed by atoms with Crippen molar-refractivity contribution >= 4 is 17.6 Å². The molecule has 1 aliphatic heterocycles. The molecule has 2 aromatic carbocycles. The van der Waals surface area contributed by atoms with E-state index >= 15 is 0 Å². The number of amides is 3. The van der Waals surface area contributed by atoms with Crippen molar-refractivity contribution in [3.05, 3.63) is 60.2 Å². The third kappa shape index (κ3) is 7.00. The second kappa shape index (κ2) is 12.8. The van der Waals surface area contributed by atoms with Crippen molar-refractivity contribution in [2.45, 2.75) is 57.5 Å². The fourth-order valence-electron chi connectivity index (χ4n) is 5.46. The molecule has 1 saturated heterocycles. The number of piperazine rings is 1. The number of hydrogen-bond donors (Lipinski definition) is 2. The molecule has 194 valence electrons. The van der Waals surface area contributed by atoms with Gasteiger partial charge in [-0.05, 0) is 68.4 Å². The molecule has 1 saturated carbocycles. The first-order valence-electron chi connectivity index (χ1n) is 13.3. The van der Waals surface area contributed by atoms with Crippen LogP contribution in [0.5, 0.6) is 5.75 Å². The molecule has 7 heteroatoms. The van der Waals surface area contributed by atoms with Crippen LogP contribution in [-0.2, 0) is 11.2 Å². The number of urea groups is 1. The number of rotatable bonds is 9.